The maximum Gasteiger partial charge on any atom is 0.407 e. The summed E-state index contributed by atoms with van der Waals surface area (Å²) in [6, 6.07) is 0. The van der Waals surface area contributed by atoms with Gasteiger partial charge >= 0.3 is 6.09 Å². The lowest BCUT2D eigenvalue weighted by Gasteiger charge is -2.36. The van der Waals surface area contributed by atoms with Crippen molar-refractivity contribution in [1.82, 2.24) is 20.0 Å². The maximum atomic E-state index is 12.8. The zero-order chi connectivity index (χ0) is 22.7. The molecule has 2 saturated heterocycles. The Morgan fingerprint density at radius 2 is 1.57 bits per heavy atom. The number of piperazine rings is 1. The van der Waals surface area contributed by atoms with Gasteiger partial charge in [-0.05, 0) is 41.5 Å². The molecular formula is C21H36N4O5. The molecular weight excluding hydrogens is 388 g/mol. The number of carbonyl (C=O) groups excluding carboxylic acids is 4. The number of nitrogens with zero attached hydrogens (tertiary/aromatic N) is 3. The van der Waals surface area contributed by atoms with Crippen LogP contribution in [0, 0.1) is 5.92 Å². The van der Waals surface area contributed by atoms with Gasteiger partial charge in [-0.25, -0.2) is 4.79 Å². The van der Waals surface area contributed by atoms with Crippen molar-refractivity contribution in [2.75, 3.05) is 39.3 Å². The molecule has 0 radical (unpaired) electrons. The zero-order valence-corrected chi connectivity index (χ0v) is 19.1. The third-order valence-electron chi connectivity index (χ3n) is 5.24. The van der Waals surface area contributed by atoms with Crippen molar-refractivity contribution >= 4 is 23.8 Å². The first-order valence-electron chi connectivity index (χ1n) is 10.6. The second kappa shape index (κ2) is 9.22. The minimum absolute atomic E-state index is 0.00575. The molecule has 0 bridgehead atoms. The summed E-state index contributed by atoms with van der Waals surface area (Å²) < 4.78 is 5.14. The molecule has 2 aliphatic heterocycles. The minimum atomic E-state index is -0.579. The Bertz CT molecular complexity index is 672. The van der Waals surface area contributed by atoms with E-state index >= 15 is 0 Å². The Labute approximate surface area is 179 Å². The average molecular weight is 425 g/mol. The van der Waals surface area contributed by atoms with E-state index in [0.717, 1.165) is 0 Å². The number of alkyl carbamates (subject to hydrolysis) is 1. The van der Waals surface area contributed by atoms with E-state index in [1.54, 1.807) is 35.5 Å². The van der Waals surface area contributed by atoms with Gasteiger partial charge in [-0.2, -0.15) is 0 Å². The van der Waals surface area contributed by atoms with Gasteiger partial charge in [0.05, 0.1) is 5.92 Å². The molecule has 0 aromatic rings. The van der Waals surface area contributed by atoms with Gasteiger partial charge in [0.25, 0.3) is 0 Å². The molecule has 0 saturated carbocycles. The van der Waals surface area contributed by atoms with Crippen molar-refractivity contribution in [2.45, 2.75) is 65.5 Å². The molecule has 1 unspecified atom stereocenters. The fourth-order valence-corrected chi connectivity index (χ4v) is 3.70. The van der Waals surface area contributed by atoms with Crippen LogP contribution < -0.4 is 5.32 Å². The van der Waals surface area contributed by atoms with Crippen molar-refractivity contribution in [3.63, 3.8) is 0 Å². The van der Waals surface area contributed by atoms with E-state index in [0.29, 0.717) is 32.7 Å². The zero-order valence-electron chi connectivity index (χ0n) is 19.1. The largest absolute Gasteiger partial charge is 0.444 e. The van der Waals surface area contributed by atoms with E-state index in [1.165, 1.54) is 0 Å². The van der Waals surface area contributed by atoms with Crippen molar-refractivity contribution in [2.24, 2.45) is 5.92 Å². The summed E-state index contributed by atoms with van der Waals surface area (Å²) in [5, 5.41) is 2.58. The standard InChI is InChI=1S/C21H36N4O5/c1-20(2,3)25-14-15(13-17(25)27)18(28)24-11-9-23(10-12-24)16(26)7-8-22-19(29)30-21(4,5)6/h15H,7-14H2,1-6H3,(H,22,29). The van der Waals surface area contributed by atoms with Crippen LogP contribution in [0.3, 0.4) is 0 Å². The first kappa shape index (κ1) is 24.0. The van der Waals surface area contributed by atoms with E-state index in [1.807, 2.05) is 20.8 Å². The number of carbonyl (C=O) groups is 4. The first-order valence-corrected chi connectivity index (χ1v) is 10.6. The Kier molecular flexibility index (Phi) is 7.36. The maximum absolute atomic E-state index is 12.8. The summed E-state index contributed by atoms with van der Waals surface area (Å²) in [4.78, 5) is 54.3. The number of hydrogen-bond acceptors (Lipinski definition) is 5. The van der Waals surface area contributed by atoms with Crippen molar-refractivity contribution in [3.8, 4) is 0 Å². The highest BCUT2D eigenvalue weighted by Gasteiger charge is 2.41. The minimum Gasteiger partial charge on any atom is -0.444 e. The van der Waals surface area contributed by atoms with Gasteiger partial charge in [0, 0.05) is 57.6 Å². The molecule has 30 heavy (non-hydrogen) atoms. The van der Waals surface area contributed by atoms with Crippen molar-refractivity contribution in [1.29, 1.82) is 0 Å². The van der Waals surface area contributed by atoms with Crippen LogP contribution in [0.15, 0.2) is 0 Å². The van der Waals surface area contributed by atoms with Gasteiger partial charge in [0.1, 0.15) is 5.60 Å². The average Bonchev–Trinajstić information content (AvgIpc) is 3.01. The predicted molar refractivity (Wildman–Crippen MR) is 112 cm³/mol. The van der Waals surface area contributed by atoms with E-state index in [4.69, 9.17) is 4.74 Å². The van der Waals surface area contributed by atoms with Crippen molar-refractivity contribution < 1.29 is 23.9 Å². The summed E-state index contributed by atoms with van der Waals surface area (Å²) in [5.74, 6) is -0.356. The SMILES string of the molecule is CC(C)(C)OC(=O)NCCC(=O)N1CCN(C(=O)C2CC(=O)N(C(C)(C)C)C2)CC1. The van der Waals surface area contributed by atoms with Crippen LogP contribution in [0.4, 0.5) is 4.79 Å². The third kappa shape index (κ3) is 6.60. The smallest absolute Gasteiger partial charge is 0.407 e. The Morgan fingerprint density at radius 1 is 1.00 bits per heavy atom. The van der Waals surface area contributed by atoms with Crippen molar-refractivity contribution in [3.05, 3.63) is 0 Å². The van der Waals surface area contributed by atoms with Crippen LogP contribution in [-0.2, 0) is 19.1 Å². The van der Waals surface area contributed by atoms with Crippen LogP contribution in [0.5, 0.6) is 0 Å². The highest BCUT2D eigenvalue weighted by atomic mass is 16.6. The number of hydrogen-bond donors (Lipinski definition) is 1. The monoisotopic (exact) mass is 424 g/mol. The Balaban J connectivity index is 1.74. The van der Waals surface area contributed by atoms with Gasteiger partial charge in [-0.15, -0.1) is 0 Å². The molecule has 1 N–H and O–H groups in total. The number of amides is 4. The lowest BCUT2D eigenvalue weighted by Crippen LogP contribution is -2.52. The van der Waals surface area contributed by atoms with Gasteiger partial charge in [-0.3, -0.25) is 14.4 Å². The molecule has 2 rings (SSSR count). The molecule has 2 heterocycles. The number of nitrogens with one attached hydrogen (secondary N) is 1. The van der Waals surface area contributed by atoms with Gasteiger partial charge in [-0.1, -0.05) is 0 Å². The summed E-state index contributed by atoms with van der Waals surface area (Å²) >= 11 is 0. The van der Waals surface area contributed by atoms with Gasteiger partial charge in [0.2, 0.25) is 17.7 Å². The summed E-state index contributed by atoms with van der Waals surface area (Å²) in [7, 11) is 0. The second-order valence-electron chi connectivity index (χ2n) is 9.96. The number of rotatable bonds is 4. The van der Waals surface area contributed by atoms with Crippen LogP contribution in [-0.4, -0.2) is 88.9 Å². The Hall–Kier alpha value is -2.32. The van der Waals surface area contributed by atoms with Crippen LogP contribution in [0.1, 0.15) is 54.4 Å². The lowest BCUT2D eigenvalue weighted by molar-refractivity contribution is -0.142. The molecule has 0 spiro atoms. The van der Waals surface area contributed by atoms with Crippen LogP contribution >= 0.6 is 0 Å². The molecule has 2 fully saturated rings. The fourth-order valence-electron chi connectivity index (χ4n) is 3.70. The molecule has 9 heteroatoms. The molecule has 0 aromatic carbocycles. The summed E-state index contributed by atoms with van der Waals surface area (Å²) in [6.07, 6.45) is -0.0997. The normalized spacial score (nSPS) is 20.4. The van der Waals surface area contributed by atoms with Gasteiger partial charge < -0.3 is 24.8 Å². The fraction of sp³-hybridized carbons (Fsp3) is 0.810. The topological polar surface area (TPSA) is 99.3 Å². The molecule has 9 nitrogen and oxygen atoms in total. The van der Waals surface area contributed by atoms with Crippen LogP contribution in [0.25, 0.3) is 0 Å². The van der Waals surface area contributed by atoms with E-state index < -0.39 is 11.7 Å². The summed E-state index contributed by atoms with van der Waals surface area (Å²) in [5.41, 5.74) is -0.866. The number of likely N-dealkylation sites (tertiary alicyclic amines) is 1. The Morgan fingerprint density at radius 3 is 2.07 bits per heavy atom. The first-order chi connectivity index (χ1) is 13.8. The molecule has 1 atom stereocenters. The predicted octanol–water partition coefficient (Wildman–Crippen LogP) is 1.22. The second-order valence-corrected chi connectivity index (χ2v) is 9.96. The third-order valence-corrected chi connectivity index (χ3v) is 5.24. The molecule has 0 aliphatic carbocycles. The highest BCUT2D eigenvalue weighted by Crippen LogP contribution is 2.27. The molecule has 4 amide bonds. The molecule has 0 aromatic heterocycles. The van der Waals surface area contributed by atoms with E-state index in [-0.39, 0.29) is 48.6 Å². The highest BCUT2D eigenvalue weighted by molar-refractivity contribution is 5.89. The van der Waals surface area contributed by atoms with Gasteiger partial charge in [0.15, 0.2) is 0 Å². The lowest BCUT2D eigenvalue weighted by atomic mass is 10.1. The summed E-state index contributed by atoms with van der Waals surface area (Å²) in [6.45, 7) is 13.8. The van der Waals surface area contributed by atoms with Crippen LogP contribution in [0.2, 0.25) is 0 Å². The quantitative estimate of drug-likeness (QED) is 0.732. The van der Waals surface area contributed by atoms with E-state index in [9.17, 15) is 19.2 Å². The molecule has 170 valence electrons. The molecule has 2 aliphatic rings. The number of ether oxygens (including phenoxy) is 1. The van der Waals surface area contributed by atoms with E-state index in [2.05, 4.69) is 5.32 Å².